The highest BCUT2D eigenvalue weighted by molar-refractivity contribution is 7.90. The van der Waals surface area contributed by atoms with E-state index in [1.165, 1.54) is 12.3 Å². The summed E-state index contributed by atoms with van der Waals surface area (Å²) < 4.78 is 35.8. The van der Waals surface area contributed by atoms with Crippen LogP contribution in [0.3, 0.4) is 0 Å². The molecule has 0 amide bonds. The first kappa shape index (κ1) is 24.2. The first-order chi connectivity index (χ1) is 13.8. The minimum absolute atomic E-state index is 0.115. The molecule has 2 aromatic rings. The molecule has 0 saturated heterocycles. The molecule has 0 aliphatic rings. The summed E-state index contributed by atoms with van der Waals surface area (Å²) in [7, 11) is -5.18. The molecule has 6 nitrogen and oxygen atoms in total. The zero-order valence-corrected chi connectivity index (χ0v) is 20.6. The van der Waals surface area contributed by atoms with Crippen LogP contribution >= 0.6 is 0 Å². The van der Waals surface area contributed by atoms with Gasteiger partial charge in [0.05, 0.1) is 11.5 Å². The Labute approximate surface area is 180 Å². The molecule has 0 spiro atoms. The van der Waals surface area contributed by atoms with Crippen molar-refractivity contribution in [3.05, 3.63) is 41.6 Å². The predicted octanol–water partition coefficient (Wildman–Crippen LogP) is 4.67. The van der Waals surface area contributed by atoms with Gasteiger partial charge in [0.1, 0.15) is 23.7 Å². The summed E-state index contributed by atoms with van der Waals surface area (Å²) in [4.78, 5) is 15.9. The number of aromatic nitrogens is 1. The van der Waals surface area contributed by atoms with Crippen LogP contribution in [0.1, 0.15) is 36.8 Å². The van der Waals surface area contributed by atoms with Crippen molar-refractivity contribution >= 4 is 24.4 Å². The highest BCUT2D eigenvalue weighted by Gasteiger charge is 2.36. The predicted molar refractivity (Wildman–Crippen MR) is 122 cm³/mol. The lowest BCUT2D eigenvalue weighted by atomic mass is 10.0. The van der Waals surface area contributed by atoms with Crippen molar-refractivity contribution in [1.29, 1.82) is 0 Å². The minimum atomic E-state index is -3.31. The fraction of sp³-hybridized carbons (Fsp3) is 0.455. The number of carbonyl (C=O) groups is 1. The first-order valence-corrected chi connectivity index (χ1v) is 14.6. The molecule has 1 aromatic heterocycles. The molecule has 0 aliphatic carbocycles. The quantitative estimate of drug-likeness (QED) is 0.331. The lowest BCUT2D eigenvalue weighted by Gasteiger charge is -2.36. The van der Waals surface area contributed by atoms with Crippen molar-refractivity contribution in [2.45, 2.75) is 50.7 Å². The van der Waals surface area contributed by atoms with Gasteiger partial charge in [-0.2, -0.15) is 0 Å². The van der Waals surface area contributed by atoms with E-state index in [0.29, 0.717) is 36.5 Å². The van der Waals surface area contributed by atoms with E-state index < -0.39 is 18.2 Å². The van der Waals surface area contributed by atoms with Gasteiger partial charge in [0.2, 0.25) is 0 Å². The average molecular weight is 450 g/mol. The molecule has 2 rings (SSSR count). The van der Waals surface area contributed by atoms with Crippen LogP contribution in [0.15, 0.2) is 35.2 Å². The number of aryl methyl sites for hydroxylation is 1. The van der Waals surface area contributed by atoms with E-state index in [2.05, 4.69) is 38.8 Å². The Morgan fingerprint density at radius 1 is 1.10 bits per heavy atom. The van der Waals surface area contributed by atoms with Crippen molar-refractivity contribution < 1.29 is 22.4 Å². The number of aldehydes is 1. The van der Waals surface area contributed by atoms with Gasteiger partial charge >= 0.3 is 0 Å². The molecular formula is C22H31NO5SSi. The van der Waals surface area contributed by atoms with Gasteiger partial charge in [0.25, 0.3) is 0 Å². The summed E-state index contributed by atoms with van der Waals surface area (Å²) in [6, 6.07) is 8.15. The van der Waals surface area contributed by atoms with E-state index in [1.807, 2.05) is 6.92 Å². The molecular weight excluding hydrogens is 418 g/mol. The summed E-state index contributed by atoms with van der Waals surface area (Å²) in [5.74, 6) is 0.523. The van der Waals surface area contributed by atoms with Gasteiger partial charge in [-0.3, -0.25) is 4.79 Å². The second-order valence-electron chi connectivity index (χ2n) is 8.91. The van der Waals surface area contributed by atoms with Crippen molar-refractivity contribution in [3.8, 4) is 17.0 Å². The van der Waals surface area contributed by atoms with E-state index >= 15 is 0 Å². The summed E-state index contributed by atoms with van der Waals surface area (Å²) in [5, 5.41) is 0.115. The number of benzene rings is 1. The van der Waals surface area contributed by atoms with E-state index in [-0.39, 0.29) is 15.6 Å². The van der Waals surface area contributed by atoms with Crippen LogP contribution < -0.4 is 4.74 Å². The summed E-state index contributed by atoms with van der Waals surface area (Å²) in [6.07, 6.45) is 1.84. The molecule has 0 unspecified atom stereocenters. The Kier molecular flexibility index (Phi) is 7.27. The summed E-state index contributed by atoms with van der Waals surface area (Å²) in [5.41, 5.74) is 2.23. The van der Waals surface area contributed by atoms with Crippen LogP contribution in [0.25, 0.3) is 11.3 Å². The van der Waals surface area contributed by atoms with Gasteiger partial charge in [-0.25, -0.2) is 13.4 Å². The van der Waals surface area contributed by atoms with Crippen molar-refractivity contribution in [2.75, 3.05) is 19.5 Å². The second-order valence-corrected chi connectivity index (χ2v) is 15.7. The number of ether oxygens (including phenoxy) is 1. The van der Waals surface area contributed by atoms with Crippen LogP contribution in [-0.2, 0) is 14.3 Å². The van der Waals surface area contributed by atoms with Gasteiger partial charge in [0, 0.05) is 11.8 Å². The SMILES string of the molecule is Cc1cc(S(C)(=O)=O)ccc1-c1nc(C=O)ccc1OCCO[Si](C)(C)C(C)(C)C. The topological polar surface area (TPSA) is 82.6 Å². The Morgan fingerprint density at radius 2 is 1.77 bits per heavy atom. The van der Waals surface area contributed by atoms with E-state index in [9.17, 15) is 13.2 Å². The van der Waals surface area contributed by atoms with Crippen molar-refractivity contribution in [3.63, 3.8) is 0 Å². The molecule has 30 heavy (non-hydrogen) atoms. The van der Waals surface area contributed by atoms with E-state index in [4.69, 9.17) is 9.16 Å². The highest BCUT2D eigenvalue weighted by atomic mass is 32.2. The first-order valence-electron chi connectivity index (χ1n) is 9.80. The number of pyridine rings is 1. The van der Waals surface area contributed by atoms with Gasteiger partial charge in [-0.1, -0.05) is 26.8 Å². The maximum absolute atomic E-state index is 11.8. The third-order valence-corrected chi connectivity index (χ3v) is 11.1. The van der Waals surface area contributed by atoms with Gasteiger partial charge in [-0.15, -0.1) is 0 Å². The molecule has 0 atom stereocenters. The monoisotopic (exact) mass is 449 g/mol. The second kappa shape index (κ2) is 8.99. The zero-order valence-electron chi connectivity index (χ0n) is 18.8. The fourth-order valence-electron chi connectivity index (χ4n) is 2.63. The third-order valence-electron chi connectivity index (χ3n) is 5.49. The summed E-state index contributed by atoms with van der Waals surface area (Å²) in [6.45, 7) is 13.5. The Morgan fingerprint density at radius 3 is 2.30 bits per heavy atom. The van der Waals surface area contributed by atoms with Gasteiger partial charge < -0.3 is 9.16 Å². The van der Waals surface area contributed by atoms with Crippen molar-refractivity contribution in [2.24, 2.45) is 0 Å². The smallest absolute Gasteiger partial charge is 0.192 e. The molecule has 164 valence electrons. The number of carbonyl (C=O) groups excluding carboxylic acids is 1. The third kappa shape index (κ3) is 5.77. The van der Waals surface area contributed by atoms with E-state index in [0.717, 1.165) is 5.56 Å². The van der Waals surface area contributed by atoms with Crippen LogP contribution in [0, 0.1) is 6.92 Å². The summed E-state index contributed by atoms with van der Waals surface area (Å²) >= 11 is 0. The highest BCUT2D eigenvalue weighted by Crippen LogP contribution is 2.36. The molecule has 0 aliphatic heterocycles. The zero-order chi connectivity index (χ0) is 22.7. The molecule has 0 fully saturated rings. The average Bonchev–Trinajstić information content (AvgIpc) is 2.63. The van der Waals surface area contributed by atoms with Gasteiger partial charge in [0.15, 0.2) is 24.4 Å². The number of sulfone groups is 1. The van der Waals surface area contributed by atoms with Crippen molar-refractivity contribution in [1.82, 2.24) is 4.98 Å². The molecule has 1 aromatic carbocycles. The Balaban J connectivity index is 2.28. The van der Waals surface area contributed by atoms with Crippen LogP contribution in [-0.4, -0.2) is 47.5 Å². The molecule has 8 heteroatoms. The maximum Gasteiger partial charge on any atom is 0.192 e. The number of hydrogen-bond donors (Lipinski definition) is 0. The largest absolute Gasteiger partial charge is 0.489 e. The van der Waals surface area contributed by atoms with Gasteiger partial charge in [-0.05, 0) is 54.9 Å². The minimum Gasteiger partial charge on any atom is -0.489 e. The van der Waals surface area contributed by atoms with Crippen LogP contribution in [0.5, 0.6) is 5.75 Å². The Bertz CT molecular complexity index is 1030. The lowest BCUT2D eigenvalue weighted by Crippen LogP contribution is -2.41. The molecule has 0 N–H and O–H groups in total. The fourth-order valence-corrected chi connectivity index (χ4v) is 4.37. The van der Waals surface area contributed by atoms with Crippen LogP contribution in [0.4, 0.5) is 0 Å². The maximum atomic E-state index is 11.8. The van der Waals surface area contributed by atoms with E-state index in [1.54, 1.807) is 24.3 Å². The van der Waals surface area contributed by atoms with Crippen LogP contribution in [0.2, 0.25) is 18.1 Å². The Hall–Kier alpha value is -2.03. The molecule has 0 bridgehead atoms. The normalized spacial score (nSPS) is 12.6. The standard InChI is InChI=1S/C22H31NO5SSi/c1-16-14-18(29(5,25)26)9-10-19(16)21-20(11-8-17(15-24)23-21)27-12-13-28-30(6,7)22(2,3)4/h8-11,14-15H,12-13H2,1-7H3. The number of hydrogen-bond acceptors (Lipinski definition) is 6. The molecule has 1 heterocycles. The molecule has 0 radical (unpaired) electrons. The number of rotatable bonds is 8. The molecule has 0 saturated carbocycles. The lowest BCUT2D eigenvalue weighted by molar-refractivity contribution is 0.111. The number of nitrogens with zero attached hydrogens (tertiary/aromatic N) is 1.